The fraction of sp³-hybridized carbons (Fsp3) is 0.960. The minimum atomic E-state index is -1.57. The Bertz CT molecular complexity index is 770. The summed E-state index contributed by atoms with van der Waals surface area (Å²) in [6.45, 7) is 8.33. The molecule has 0 radical (unpaired) electrons. The minimum Gasteiger partial charge on any atom is -0.444 e. The summed E-state index contributed by atoms with van der Waals surface area (Å²) < 4.78 is 29.0. The van der Waals surface area contributed by atoms with Gasteiger partial charge in [-0.05, 0) is 52.4 Å². The van der Waals surface area contributed by atoms with Gasteiger partial charge in [0.1, 0.15) is 36.1 Å². The first-order chi connectivity index (χ1) is 17.7. The van der Waals surface area contributed by atoms with E-state index in [1.807, 2.05) is 13.8 Å². The van der Waals surface area contributed by atoms with Gasteiger partial charge in [-0.1, -0.05) is 13.8 Å². The summed E-state index contributed by atoms with van der Waals surface area (Å²) in [5.74, 6) is -0.150. The highest BCUT2D eigenvalue weighted by Crippen LogP contribution is 2.34. The minimum absolute atomic E-state index is 0.0205. The molecule has 38 heavy (non-hydrogen) atoms. The van der Waals surface area contributed by atoms with Crippen molar-refractivity contribution in [1.82, 2.24) is 5.32 Å². The monoisotopic (exact) mass is 549 g/mol. The van der Waals surface area contributed by atoms with E-state index in [1.54, 1.807) is 20.8 Å². The van der Waals surface area contributed by atoms with Crippen LogP contribution in [0.2, 0.25) is 0 Å². The van der Waals surface area contributed by atoms with Crippen molar-refractivity contribution >= 4 is 6.09 Å². The zero-order chi connectivity index (χ0) is 28.4. The molecule has 9 N–H and O–H groups in total. The molecular formula is C25H47N3O10. The van der Waals surface area contributed by atoms with Gasteiger partial charge in [-0.3, -0.25) is 0 Å². The van der Waals surface area contributed by atoms with Crippen LogP contribution in [-0.4, -0.2) is 112 Å². The molecule has 1 aliphatic carbocycles. The van der Waals surface area contributed by atoms with E-state index in [1.165, 1.54) is 0 Å². The van der Waals surface area contributed by atoms with Crippen molar-refractivity contribution in [2.75, 3.05) is 6.61 Å². The number of ether oxygens (including phenoxy) is 5. The quantitative estimate of drug-likeness (QED) is 0.205. The number of nitrogens with one attached hydrogen (secondary N) is 1. The molecule has 1 amide bonds. The number of nitrogens with two attached hydrogens (primary N) is 2. The second-order valence-corrected chi connectivity index (χ2v) is 11.7. The Morgan fingerprint density at radius 2 is 1.63 bits per heavy atom. The van der Waals surface area contributed by atoms with Gasteiger partial charge < -0.3 is 60.9 Å². The molecule has 3 fully saturated rings. The highest BCUT2D eigenvalue weighted by molar-refractivity contribution is 5.68. The molecule has 222 valence electrons. The van der Waals surface area contributed by atoms with E-state index in [0.29, 0.717) is 6.42 Å². The lowest BCUT2D eigenvalue weighted by Crippen LogP contribution is -2.67. The van der Waals surface area contributed by atoms with E-state index in [9.17, 15) is 25.2 Å². The number of carbonyl (C=O) groups excluding carboxylic acids is 1. The largest absolute Gasteiger partial charge is 0.444 e. The number of rotatable bonds is 7. The van der Waals surface area contributed by atoms with Gasteiger partial charge in [-0.2, -0.15) is 0 Å². The summed E-state index contributed by atoms with van der Waals surface area (Å²) in [6, 6.07) is -2.28. The van der Waals surface area contributed by atoms with Crippen molar-refractivity contribution in [2.45, 2.75) is 139 Å². The third kappa shape index (κ3) is 7.53. The second kappa shape index (κ2) is 13.0. The number of alkyl carbamates (subject to hydrolysis) is 1. The molecule has 3 rings (SSSR count). The van der Waals surface area contributed by atoms with Gasteiger partial charge in [0.2, 0.25) is 0 Å². The predicted molar refractivity (Wildman–Crippen MR) is 135 cm³/mol. The molecule has 13 atom stereocenters. The Labute approximate surface area is 224 Å². The molecule has 0 spiro atoms. The zero-order valence-electron chi connectivity index (χ0n) is 22.9. The van der Waals surface area contributed by atoms with Gasteiger partial charge in [0, 0.05) is 6.04 Å². The van der Waals surface area contributed by atoms with Crippen molar-refractivity contribution in [1.29, 1.82) is 0 Å². The molecule has 0 aromatic rings. The Morgan fingerprint density at radius 1 is 0.974 bits per heavy atom. The maximum Gasteiger partial charge on any atom is 0.408 e. The topological polar surface area (TPSA) is 208 Å². The first-order valence-electron chi connectivity index (χ1n) is 13.5. The summed E-state index contributed by atoms with van der Waals surface area (Å²) in [5.41, 5.74) is 11.8. The van der Waals surface area contributed by atoms with Gasteiger partial charge in [0.25, 0.3) is 0 Å². The maximum absolute atomic E-state index is 12.4. The summed E-state index contributed by atoms with van der Waals surface area (Å²) in [6.07, 6.45) is -7.36. The number of hydrogen-bond donors (Lipinski definition) is 7. The van der Waals surface area contributed by atoms with Crippen molar-refractivity contribution in [2.24, 2.45) is 17.4 Å². The average Bonchev–Trinajstić information content (AvgIpc) is 2.83. The molecule has 2 heterocycles. The molecule has 1 unspecified atom stereocenters. The van der Waals surface area contributed by atoms with Crippen LogP contribution in [0.1, 0.15) is 60.3 Å². The van der Waals surface area contributed by atoms with E-state index >= 15 is 0 Å². The van der Waals surface area contributed by atoms with Crippen molar-refractivity contribution < 1.29 is 48.9 Å². The van der Waals surface area contributed by atoms with Crippen molar-refractivity contribution in [3.63, 3.8) is 0 Å². The maximum atomic E-state index is 12.4. The summed E-state index contributed by atoms with van der Waals surface area (Å²) in [4.78, 5) is 12.4. The molecule has 0 bridgehead atoms. The van der Waals surface area contributed by atoms with Crippen LogP contribution in [0.3, 0.4) is 0 Å². The van der Waals surface area contributed by atoms with Crippen LogP contribution in [-0.2, 0) is 23.7 Å². The third-order valence-corrected chi connectivity index (χ3v) is 7.40. The highest BCUT2D eigenvalue weighted by Gasteiger charge is 2.51. The van der Waals surface area contributed by atoms with Crippen LogP contribution in [0.15, 0.2) is 0 Å². The Hall–Kier alpha value is -1.13. The van der Waals surface area contributed by atoms with Crippen molar-refractivity contribution in [3.8, 4) is 0 Å². The molecule has 2 saturated heterocycles. The van der Waals surface area contributed by atoms with E-state index in [0.717, 1.165) is 19.3 Å². The van der Waals surface area contributed by atoms with Crippen LogP contribution in [0.4, 0.5) is 4.79 Å². The molecule has 3 aliphatic rings. The van der Waals surface area contributed by atoms with Gasteiger partial charge in [-0.15, -0.1) is 0 Å². The lowest BCUT2D eigenvalue weighted by atomic mass is 9.80. The fourth-order valence-electron chi connectivity index (χ4n) is 5.30. The number of hydrogen-bond acceptors (Lipinski definition) is 12. The lowest BCUT2D eigenvalue weighted by Gasteiger charge is -2.48. The molecule has 0 aromatic heterocycles. The average molecular weight is 550 g/mol. The summed E-state index contributed by atoms with van der Waals surface area (Å²) in [5, 5.41) is 45.1. The standard InChI is InChI=1S/C25H47N3O10/c1-6-12-7-8-13(26)22(34-12)36-20-11(2)9-14(27)21(19(20)32)37-23-18(31)16(17(30)15(10-29)35-23)28-24(33)38-25(3,4)5/h11-23,29-32H,6-10,26-27H2,1-5H3,(H,28,33)/t11-,12+,13+,14+,15+,16-,17+,18+,19-,20?,21-,22+,23+/m0/s1. The van der Waals surface area contributed by atoms with Crippen LogP contribution >= 0.6 is 0 Å². The fourth-order valence-corrected chi connectivity index (χ4v) is 5.30. The van der Waals surface area contributed by atoms with Crippen molar-refractivity contribution in [3.05, 3.63) is 0 Å². The van der Waals surface area contributed by atoms with Gasteiger partial charge in [-0.25, -0.2) is 4.79 Å². The molecule has 13 nitrogen and oxygen atoms in total. The first kappa shape index (κ1) is 31.4. The van der Waals surface area contributed by atoms with Crippen LogP contribution in [0.5, 0.6) is 0 Å². The molecular weight excluding hydrogens is 502 g/mol. The van der Waals surface area contributed by atoms with Gasteiger partial charge in [0.05, 0.1) is 30.9 Å². The Kier molecular flexibility index (Phi) is 10.8. The SMILES string of the molecule is CC[C@@H]1CC[C@@H](N)[C@@H](OC2[C@@H](C)C[C@@H](N)[C@H](O[C@H]3O[C@H](CO)[C@@H](O)[C@H](NC(=O)OC(C)(C)C)[C@H]3O)[C@H]2O)O1. The Morgan fingerprint density at radius 3 is 2.24 bits per heavy atom. The molecule has 2 aliphatic heterocycles. The van der Waals surface area contributed by atoms with E-state index < -0.39 is 79.6 Å². The second-order valence-electron chi connectivity index (χ2n) is 11.7. The number of amides is 1. The Balaban J connectivity index is 1.73. The van der Waals surface area contributed by atoms with Crippen LogP contribution in [0, 0.1) is 5.92 Å². The van der Waals surface area contributed by atoms with Gasteiger partial charge >= 0.3 is 6.09 Å². The number of aliphatic hydroxyl groups excluding tert-OH is 4. The number of aliphatic hydroxyl groups is 4. The zero-order valence-corrected chi connectivity index (χ0v) is 22.9. The van der Waals surface area contributed by atoms with Crippen LogP contribution < -0.4 is 16.8 Å². The van der Waals surface area contributed by atoms with E-state index in [2.05, 4.69) is 5.32 Å². The lowest BCUT2D eigenvalue weighted by molar-refractivity contribution is -0.317. The molecule has 0 aromatic carbocycles. The summed E-state index contributed by atoms with van der Waals surface area (Å²) >= 11 is 0. The van der Waals surface area contributed by atoms with Gasteiger partial charge in [0.15, 0.2) is 12.6 Å². The highest BCUT2D eigenvalue weighted by atomic mass is 16.7. The normalized spacial score (nSPS) is 44.4. The number of carbonyl (C=O) groups is 1. The van der Waals surface area contributed by atoms with Crippen LogP contribution in [0.25, 0.3) is 0 Å². The van der Waals surface area contributed by atoms with E-state index in [-0.39, 0.29) is 18.1 Å². The predicted octanol–water partition coefficient (Wildman–Crippen LogP) is -0.940. The van der Waals surface area contributed by atoms with E-state index in [4.69, 9.17) is 35.2 Å². The first-order valence-corrected chi connectivity index (χ1v) is 13.5. The summed E-state index contributed by atoms with van der Waals surface area (Å²) in [7, 11) is 0. The molecule has 13 heteroatoms. The molecule has 1 saturated carbocycles. The third-order valence-electron chi connectivity index (χ3n) is 7.40. The smallest absolute Gasteiger partial charge is 0.408 e.